The van der Waals surface area contributed by atoms with Crippen molar-refractivity contribution in [1.29, 1.82) is 0 Å². The molecule has 11 heteroatoms. The van der Waals surface area contributed by atoms with Gasteiger partial charge in [0.1, 0.15) is 5.75 Å². The molecule has 48 heavy (non-hydrogen) atoms. The fourth-order valence-corrected chi connectivity index (χ4v) is 4.77. The Bertz CT molecular complexity index is 1820. The Morgan fingerprint density at radius 3 is 2.60 bits per heavy atom. The molecule has 0 radical (unpaired) electrons. The summed E-state index contributed by atoms with van der Waals surface area (Å²) >= 11 is 0. The first-order valence-corrected chi connectivity index (χ1v) is 16.0. The van der Waals surface area contributed by atoms with E-state index >= 15 is 0 Å². The lowest BCUT2D eigenvalue weighted by atomic mass is 10.1. The molecule has 1 aliphatic heterocycles. The number of benzene rings is 2. The van der Waals surface area contributed by atoms with E-state index in [-0.39, 0.29) is 0 Å². The molecule has 1 amide bonds. The quantitative estimate of drug-likeness (QED) is 0.0566. The Morgan fingerprint density at radius 1 is 1.04 bits per heavy atom. The number of carbonyl (C=O) groups is 1. The Hall–Kier alpha value is -5.52. The van der Waals surface area contributed by atoms with Crippen molar-refractivity contribution >= 4 is 35.5 Å². The SMILES string of the molecule is CC1=CCC=NC(Nc2cccc(OCCCN(C)N)c2)=N1.CCc1ccc[nH]1.Cc1c(-c2cccc(NC=O)c2)nn2ccccc12. The molecule has 4 heterocycles. The van der Waals surface area contributed by atoms with Crippen LogP contribution in [0.15, 0.2) is 113 Å². The fourth-order valence-electron chi connectivity index (χ4n) is 4.77. The zero-order valence-electron chi connectivity index (χ0n) is 28.1. The van der Waals surface area contributed by atoms with Gasteiger partial charge in [-0.1, -0.05) is 37.3 Å². The maximum absolute atomic E-state index is 10.5. The number of nitrogens with one attached hydrogen (secondary N) is 3. The van der Waals surface area contributed by atoms with Crippen LogP contribution in [0.3, 0.4) is 0 Å². The van der Waals surface area contributed by atoms with E-state index in [9.17, 15) is 4.79 Å². The van der Waals surface area contributed by atoms with Crippen molar-refractivity contribution < 1.29 is 9.53 Å². The molecule has 0 atom stereocenters. The van der Waals surface area contributed by atoms with Crippen LogP contribution in [-0.2, 0) is 11.2 Å². The number of nitrogens with two attached hydrogens (primary N) is 1. The summed E-state index contributed by atoms with van der Waals surface area (Å²) in [5, 5.41) is 12.1. The number of aromatic amines is 1. The number of fused-ring (bicyclic) bond motifs is 1. The number of hydrogen-bond donors (Lipinski definition) is 4. The average molecular weight is 648 g/mol. The highest BCUT2D eigenvalue weighted by Gasteiger charge is 2.10. The van der Waals surface area contributed by atoms with Crippen molar-refractivity contribution in [3.8, 4) is 17.0 Å². The van der Waals surface area contributed by atoms with Crippen LogP contribution < -0.4 is 21.2 Å². The number of hydrazine groups is 1. The van der Waals surface area contributed by atoms with Gasteiger partial charge in [0.05, 0.1) is 17.8 Å². The summed E-state index contributed by atoms with van der Waals surface area (Å²) in [7, 11) is 1.84. The van der Waals surface area contributed by atoms with E-state index < -0.39 is 0 Å². The third-order valence-corrected chi connectivity index (χ3v) is 7.22. The van der Waals surface area contributed by atoms with E-state index in [4.69, 9.17) is 10.6 Å². The summed E-state index contributed by atoms with van der Waals surface area (Å²) in [4.78, 5) is 22.3. The zero-order chi connectivity index (χ0) is 34.1. The van der Waals surface area contributed by atoms with Crippen molar-refractivity contribution in [3.63, 3.8) is 0 Å². The van der Waals surface area contributed by atoms with E-state index in [2.05, 4.69) is 50.6 Å². The number of ether oxygens (including phenoxy) is 1. The Balaban J connectivity index is 0.000000182. The Kier molecular flexibility index (Phi) is 13.7. The number of rotatable bonds is 10. The van der Waals surface area contributed by atoms with E-state index in [0.717, 1.165) is 71.0 Å². The first-order chi connectivity index (χ1) is 23.4. The molecule has 6 rings (SSSR count). The van der Waals surface area contributed by atoms with Gasteiger partial charge in [0.25, 0.3) is 0 Å². The first kappa shape index (κ1) is 35.3. The molecule has 11 nitrogen and oxygen atoms in total. The second-order valence-electron chi connectivity index (χ2n) is 11.1. The summed E-state index contributed by atoms with van der Waals surface area (Å²) in [5.74, 6) is 6.97. The number of guanidine groups is 1. The number of nitrogens with zero attached hydrogens (tertiary/aromatic N) is 5. The van der Waals surface area contributed by atoms with E-state index in [1.165, 1.54) is 5.69 Å². The molecule has 0 unspecified atom stereocenters. The normalized spacial score (nSPS) is 12.1. The van der Waals surface area contributed by atoms with Crippen LogP contribution in [0.25, 0.3) is 16.8 Å². The molecule has 0 saturated heterocycles. The summed E-state index contributed by atoms with van der Waals surface area (Å²) in [6.45, 7) is 7.58. The predicted octanol–water partition coefficient (Wildman–Crippen LogP) is 6.86. The molecular weight excluding hydrogens is 602 g/mol. The lowest BCUT2D eigenvalue weighted by Gasteiger charge is -2.11. The number of allylic oxidation sites excluding steroid dienone is 2. The second-order valence-corrected chi connectivity index (χ2v) is 11.1. The van der Waals surface area contributed by atoms with Crippen molar-refractivity contribution in [2.45, 2.75) is 40.0 Å². The highest BCUT2D eigenvalue weighted by molar-refractivity contribution is 5.99. The van der Waals surface area contributed by atoms with Gasteiger partial charge in [0.2, 0.25) is 12.4 Å². The number of carbonyl (C=O) groups excluding carboxylic acids is 1. The van der Waals surface area contributed by atoms with E-state index in [1.54, 1.807) is 5.01 Å². The molecule has 1 aliphatic rings. The van der Waals surface area contributed by atoms with Gasteiger partial charge < -0.3 is 20.4 Å². The Labute approximate surface area is 282 Å². The van der Waals surface area contributed by atoms with Gasteiger partial charge in [-0.15, -0.1) is 0 Å². The van der Waals surface area contributed by atoms with Gasteiger partial charge in [-0.25, -0.2) is 14.5 Å². The molecule has 2 aromatic carbocycles. The number of H-pyrrole nitrogens is 1. The molecule has 0 aliphatic carbocycles. The lowest BCUT2D eigenvalue weighted by Crippen LogP contribution is -2.27. The molecule has 0 spiro atoms. The summed E-state index contributed by atoms with van der Waals surface area (Å²) < 4.78 is 7.59. The van der Waals surface area contributed by atoms with Crippen molar-refractivity contribution in [3.05, 3.63) is 114 Å². The zero-order valence-corrected chi connectivity index (χ0v) is 28.1. The predicted molar refractivity (Wildman–Crippen MR) is 197 cm³/mol. The molecule has 3 aromatic heterocycles. The molecule has 0 bridgehead atoms. The summed E-state index contributed by atoms with van der Waals surface area (Å²) in [6, 6.07) is 25.5. The number of amides is 1. The largest absolute Gasteiger partial charge is 0.493 e. The summed E-state index contributed by atoms with van der Waals surface area (Å²) in [5.41, 5.74) is 8.07. The topological polar surface area (TPSA) is 137 Å². The number of hydrogen-bond acceptors (Lipinski definition) is 8. The van der Waals surface area contributed by atoms with Gasteiger partial charge in [-0.2, -0.15) is 5.10 Å². The second kappa shape index (κ2) is 18.6. The van der Waals surface area contributed by atoms with E-state index in [0.29, 0.717) is 19.0 Å². The highest BCUT2D eigenvalue weighted by atomic mass is 16.5. The third-order valence-electron chi connectivity index (χ3n) is 7.22. The maximum Gasteiger partial charge on any atom is 0.227 e. The van der Waals surface area contributed by atoms with Crippen molar-refractivity contribution in [1.82, 2.24) is 19.6 Å². The van der Waals surface area contributed by atoms with Crippen LogP contribution in [-0.4, -0.2) is 58.4 Å². The maximum atomic E-state index is 10.5. The van der Waals surface area contributed by atoms with Gasteiger partial charge in [0, 0.05) is 78.6 Å². The average Bonchev–Trinajstić information content (AvgIpc) is 3.69. The van der Waals surface area contributed by atoms with Crippen LogP contribution in [0.1, 0.15) is 37.9 Å². The fraction of sp³-hybridized carbons (Fsp3) is 0.243. The number of pyridine rings is 1. The van der Waals surface area contributed by atoms with E-state index in [1.807, 2.05) is 116 Å². The van der Waals surface area contributed by atoms with Crippen LogP contribution >= 0.6 is 0 Å². The van der Waals surface area contributed by atoms with Crippen molar-refractivity contribution in [2.75, 3.05) is 30.8 Å². The highest BCUT2D eigenvalue weighted by Crippen LogP contribution is 2.27. The molecule has 5 N–H and O–H groups in total. The molecule has 5 aromatic rings. The van der Waals surface area contributed by atoms with Crippen LogP contribution in [0.4, 0.5) is 11.4 Å². The van der Waals surface area contributed by atoms with Crippen LogP contribution in [0.5, 0.6) is 5.75 Å². The number of aryl methyl sites for hydroxylation is 2. The molecule has 0 saturated carbocycles. The smallest absolute Gasteiger partial charge is 0.227 e. The summed E-state index contributed by atoms with van der Waals surface area (Å²) in [6.07, 6.45) is 11.2. The minimum absolute atomic E-state index is 0.591. The molecule has 250 valence electrons. The Morgan fingerprint density at radius 2 is 1.88 bits per heavy atom. The molecule has 0 fully saturated rings. The minimum Gasteiger partial charge on any atom is -0.493 e. The van der Waals surface area contributed by atoms with Gasteiger partial charge in [-0.05, 0) is 75.2 Å². The van der Waals surface area contributed by atoms with Crippen LogP contribution in [0, 0.1) is 6.92 Å². The minimum atomic E-state index is 0.591. The lowest BCUT2D eigenvalue weighted by molar-refractivity contribution is -0.105. The number of aliphatic imine (C=N–C) groups is 2. The monoisotopic (exact) mass is 647 g/mol. The van der Waals surface area contributed by atoms with Crippen LogP contribution in [0.2, 0.25) is 0 Å². The number of anilines is 2. The van der Waals surface area contributed by atoms with Gasteiger partial charge >= 0.3 is 0 Å². The molecular formula is C37H45N9O2. The first-order valence-electron chi connectivity index (χ1n) is 16.0. The van der Waals surface area contributed by atoms with Gasteiger partial charge in [-0.3, -0.25) is 15.6 Å². The van der Waals surface area contributed by atoms with Gasteiger partial charge in [0.15, 0.2) is 0 Å². The number of aromatic nitrogens is 3. The van der Waals surface area contributed by atoms with Crippen molar-refractivity contribution in [2.24, 2.45) is 15.8 Å². The standard InChI is InChI=1S/C16H23N5O.C15H13N3O.C6H9N/c1-13-6-4-9-18-16(19-13)20-14-7-3-8-15(12-14)22-11-5-10-21(2)17;1-11-14-7-2-3-8-18(14)17-15(11)12-5-4-6-13(9-12)16-10-19;1-2-6-4-3-5-7-6/h3,6-9,12H,4-5,10-11,17H2,1-2H3,(H,19,20);2-10H,1H3,(H,16,19);3-5,7H,2H2,1H3. The third kappa shape index (κ3) is 11.1.